The summed E-state index contributed by atoms with van der Waals surface area (Å²) in [6.07, 6.45) is 0. The Balaban J connectivity index is 2.46. The van der Waals surface area contributed by atoms with Gasteiger partial charge in [-0.3, -0.25) is 4.79 Å². The molecule has 1 aromatic carbocycles. The van der Waals surface area contributed by atoms with Crippen molar-refractivity contribution in [2.24, 2.45) is 12.8 Å². The van der Waals surface area contributed by atoms with E-state index in [-0.39, 0.29) is 17.3 Å². The van der Waals surface area contributed by atoms with Crippen molar-refractivity contribution in [1.82, 2.24) is 4.57 Å². The molecule has 0 bridgehead atoms. The zero-order chi connectivity index (χ0) is 14.9. The van der Waals surface area contributed by atoms with Crippen LogP contribution in [0.4, 0.5) is 4.39 Å². The van der Waals surface area contributed by atoms with E-state index in [1.807, 2.05) is 19.9 Å². The predicted octanol–water partition coefficient (Wildman–Crippen LogP) is 2.70. The normalized spacial score (nSPS) is 12.7. The van der Waals surface area contributed by atoms with Crippen molar-refractivity contribution in [3.63, 3.8) is 0 Å². The molecule has 1 atom stereocenters. The minimum absolute atomic E-state index is 0.104. The van der Waals surface area contributed by atoms with Gasteiger partial charge in [0.2, 0.25) is 0 Å². The number of nitrogens with zero attached hydrogens (tertiary/aromatic N) is 1. The Morgan fingerprint density at radius 2 is 1.70 bits per heavy atom. The van der Waals surface area contributed by atoms with Crippen molar-refractivity contribution in [1.29, 1.82) is 0 Å². The zero-order valence-corrected chi connectivity index (χ0v) is 11.9. The van der Waals surface area contributed by atoms with Crippen molar-refractivity contribution < 1.29 is 4.39 Å². The molecule has 2 aromatic rings. The monoisotopic (exact) mass is 274 g/mol. The van der Waals surface area contributed by atoms with Crippen LogP contribution >= 0.6 is 0 Å². The van der Waals surface area contributed by atoms with Gasteiger partial charge in [-0.05, 0) is 35.7 Å². The summed E-state index contributed by atoms with van der Waals surface area (Å²) in [7, 11) is 1.75. The number of nitrogens with two attached hydrogens (primary N) is 1. The van der Waals surface area contributed by atoms with E-state index in [4.69, 9.17) is 5.73 Å². The smallest absolute Gasteiger partial charge is 0.255 e. The van der Waals surface area contributed by atoms with E-state index < -0.39 is 6.04 Å². The van der Waals surface area contributed by atoms with Gasteiger partial charge in [-0.2, -0.15) is 0 Å². The fourth-order valence-electron chi connectivity index (χ4n) is 2.34. The van der Waals surface area contributed by atoms with Crippen LogP contribution in [0.25, 0.3) is 0 Å². The summed E-state index contributed by atoms with van der Waals surface area (Å²) in [5.41, 5.74) is 8.23. The van der Waals surface area contributed by atoms with Gasteiger partial charge in [-0.1, -0.05) is 26.0 Å². The molecule has 0 aliphatic heterocycles. The van der Waals surface area contributed by atoms with Crippen LogP contribution in [0.2, 0.25) is 0 Å². The van der Waals surface area contributed by atoms with Crippen LogP contribution in [0, 0.1) is 5.82 Å². The first-order valence-corrected chi connectivity index (χ1v) is 6.62. The van der Waals surface area contributed by atoms with Crippen LogP contribution in [0.1, 0.15) is 42.6 Å². The minimum Gasteiger partial charge on any atom is -0.320 e. The van der Waals surface area contributed by atoms with Gasteiger partial charge in [0.15, 0.2) is 0 Å². The number of aromatic nitrogens is 1. The summed E-state index contributed by atoms with van der Waals surface area (Å²) in [6, 6.07) is 9.06. The van der Waals surface area contributed by atoms with Crippen molar-refractivity contribution in [3.05, 3.63) is 69.4 Å². The molecule has 4 heteroatoms. The minimum atomic E-state index is -0.546. The third-order valence-corrected chi connectivity index (χ3v) is 3.53. The SMILES string of the molecule is CC(C)c1ccc(C(N)c2ccc(F)cc2)c(=O)n1C. The molecule has 2 rings (SSSR count). The lowest BCUT2D eigenvalue weighted by Crippen LogP contribution is -2.29. The summed E-state index contributed by atoms with van der Waals surface area (Å²) >= 11 is 0. The van der Waals surface area contributed by atoms with E-state index in [1.54, 1.807) is 29.8 Å². The second-order valence-electron chi connectivity index (χ2n) is 5.26. The number of hydrogen-bond acceptors (Lipinski definition) is 2. The molecule has 1 heterocycles. The highest BCUT2D eigenvalue weighted by Crippen LogP contribution is 2.19. The average molecular weight is 274 g/mol. The molecule has 0 aliphatic carbocycles. The summed E-state index contributed by atoms with van der Waals surface area (Å²) in [5, 5.41) is 0. The van der Waals surface area contributed by atoms with Gasteiger partial charge in [0.25, 0.3) is 5.56 Å². The van der Waals surface area contributed by atoms with Crippen LogP contribution < -0.4 is 11.3 Å². The largest absolute Gasteiger partial charge is 0.320 e. The highest BCUT2D eigenvalue weighted by atomic mass is 19.1. The first-order valence-electron chi connectivity index (χ1n) is 6.62. The van der Waals surface area contributed by atoms with Gasteiger partial charge in [0, 0.05) is 18.3 Å². The quantitative estimate of drug-likeness (QED) is 0.935. The zero-order valence-electron chi connectivity index (χ0n) is 11.9. The van der Waals surface area contributed by atoms with Gasteiger partial charge >= 0.3 is 0 Å². The average Bonchev–Trinajstić information content (AvgIpc) is 2.41. The van der Waals surface area contributed by atoms with Crippen molar-refractivity contribution in [2.45, 2.75) is 25.8 Å². The molecule has 0 radical (unpaired) electrons. The molecular weight excluding hydrogens is 255 g/mol. The molecule has 0 fully saturated rings. The molecule has 106 valence electrons. The van der Waals surface area contributed by atoms with Gasteiger partial charge in [-0.25, -0.2) is 4.39 Å². The van der Waals surface area contributed by atoms with Crippen molar-refractivity contribution in [3.8, 4) is 0 Å². The topological polar surface area (TPSA) is 48.0 Å². The van der Waals surface area contributed by atoms with Gasteiger partial charge < -0.3 is 10.3 Å². The third kappa shape index (κ3) is 2.65. The van der Waals surface area contributed by atoms with E-state index in [0.29, 0.717) is 5.56 Å². The van der Waals surface area contributed by atoms with Crippen LogP contribution in [0.3, 0.4) is 0 Å². The Labute approximate surface area is 117 Å². The molecule has 0 saturated heterocycles. The maximum absolute atomic E-state index is 12.9. The van der Waals surface area contributed by atoms with Crippen molar-refractivity contribution >= 4 is 0 Å². The van der Waals surface area contributed by atoms with Crippen LogP contribution in [-0.4, -0.2) is 4.57 Å². The first-order chi connectivity index (χ1) is 9.41. The molecular formula is C16H19FN2O. The van der Waals surface area contributed by atoms with E-state index >= 15 is 0 Å². The van der Waals surface area contributed by atoms with E-state index in [0.717, 1.165) is 11.3 Å². The lowest BCUT2D eigenvalue weighted by atomic mass is 9.99. The third-order valence-electron chi connectivity index (χ3n) is 3.53. The summed E-state index contributed by atoms with van der Waals surface area (Å²) in [6.45, 7) is 4.07. The fraction of sp³-hybridized carbons (Fsp3) is 0.312. The van der Waals surface area contributed by atoms with Crippen LogP contribution in [0.5, 0.6) is 0 Å². The highest BCUT2D eigenvalue weighted by Gasteiger charge is 2.15. The first kappa shape index (κ1) is 14.5. The highest BCUT2D eigenvalue weighted by molar-refractivity contribution is 5.31. The van der Waals surface area contributed by atoms with E-state index in [9.17, 15) is 9.18 Å². The van der Waals surface area contributed by atoms with Crippen molar-refractivity contribution in [2.75, 3.05) is 0 Å². The van der Waals surface area contributed by atoms with Gasteiger partial charge in [0.05, 0.1) is 6.04 Å². The predicted molar refractivity (Wildman–Crippen MR) is 78.2 cm³/mol. The molecule has 0 aliphatic rings. The number of halogens is 1. The van der Waals surface area contributed by atoms with Crippen LogP contribution in [-0.2, 0) is 7.05 Å². The second-order valence-corrected chi connectivity index (χ2v) is 5.26. The van der Waals surface area contributed by atoms with Gasteiger partial charge in [0.1, 0.15) is 5.82 Å². The summed E-state index contributed by atoms with van der Waals surface area (Å²) in [4.78, 5) is 12.4. The lowest BCUT2D eigenvalue weighted by Gasteiger charge is -2.17. The van der Waals surface area contributed by atoms with E-state index in [1.165, 1.54) is 12.1 Å². The molecule has 20 heavy (non-hydrogen) atoms. The van der Waals surface area contributed by atoms with E-state index in [2.05, 4.69) is 0 Å². The summed E-state index contributed by atoms with van der Waals surface area (Å²) in [5.74, 6) is -0.0483. The molecule has 0 amide bonds. The molecule has 2 N–H and O–H groups in total. The Bertz CT molecular complexity index is 659. The lowest BCUT2D eigenvalue weighted by molar-refractivity contribution is 0.626. The summed E-state index contributed by atoms with van der Waals surface area (Å²) < 4.78 is 14.6. The molecule has 1 unspecified atom stereocenters. The molecule has 3 nitrogen and oxygen atoms in total. The second kappa shape index (κ2) is 5.59. The Kier molecular flexibility index (Phi) is 4.04. The standard InChI is InChI=1S/C16H19FN2O/c1-10(2)14-9-8-13(16(20)19(14)3)15(18)11-4-6-12(17)7-5-11/h4-10,15H,18H2,1-3H3. The Morgan fingerprint density at radius 3 is 2.25 bits per heavy atom. The van der Waals surface area contributed by atoms with Crippen LogP contribution in [0.15, 0.2) is 41.2 Å². The molecule has 0 saturated carbocycles. The van der Waals surface area contributed by atoms with Gasteiger partial charge in [-0.15, -0.1) is 0 Å². The number of pyridine rings is 1. The Morgan fingerprint density at radius 1 is 1.10 bits per heavy atom. The maximum atomic E-state index is 12.9. The maximum Gasteiger partial charge on any atom is 0.255 e. The number of hydrogen-bond donors (Lipinski definition) is 1. The molecule has 1 aromatic heterocycles. The fourth-order valence-corrected chi connectivity index (χ4v) is 2.34. The number of benzene rings is 1. The Hall–Kier alpha value is -1.94. The molecule has 0 spiro atoms. The number of rotatable bonds is 3.